The molecule has 0 aliphatic carbocycles. The first kappa shape index (κ1) is 15.3. The molecule has 1 heterocycles. The van der Waals surface area contributed by atoms with E-state index >= 15 is 0 Å². The highest BCUT2D eigenvalue weighted by Crippen LogP contribution is 2.22. The summed E-state index contributed by atoms with van der Waals surface area (Å²) in [5, 5.41) is 11.0. The molecule has 1 aliphatic rings. The molecule has 1 aromatic rings. The largest absolute Gasteiger partial charge is 0.373 e. The number of morpholine rings is 1. The van der Waals surface area contributed by atoms with Crippen molar-refractivity contribution >= 4 is 11.6 Å². The van der Waals surface area contributed by atoms with Crippen LogP contribution in [0.4, 0.5) is 10.1 Å². The standard InChI is InChI=1S/C13H16FN3O4/c1-8(15)12-7-16(4-5-21-12)13(18)10-3-2-9(14)6-11(10)17(19)20/h2-3,6,8,12H,4-5,7,15H2,1H3. The minimum absolute atomic E-state index is 0.133. The molecule has 2 N–H and O–H groups in total. The number of carbonyl (C=O) groups excluding carboxylic acids is 1. The molecule has 0 aromatic heterocycles. The molecule has 1 aromatic carbocycles. The van der Waals surface area contributed by atoms with Gasteiger partial charge in [0.15, 0.2) is 0 Å². The van der Waals surface area contributed by atoms with Gasteiger partial charge in [0.1, 0.15) is 11.4 Å². The number of hydrogen-bond donors (Lipinski definition) is 1. The summed E-state index contributed by atoms with van der Waals surface area (Å²) in [6.45, 7) is 2.65. The average Bonchev–Trinajstić information content (AvgIpc) is 2.46. The summed E-state index contributed by atoms with van der Waals surface area (Å²) in [5.74, 6) is -1.27. The van der Waals surface area contributed by atoms with Gasteiger partial charge in [-0.15, -0.1) is 0 Å². The van der Waals surface area contributed by atoms with Crippen LogP contribution in [-0.2, 0) is 4.74 Å². The maximum atomic E-state index is 13.1. The van der Waals surface area contributed by atoms with Gasteiger partial charge >= 0.3 is 0 Å². The molecule has 21 heavy (non-hydrogen) atoms. The van der Waals surface area contributed by atoms with Gasteiger partial charge in [-0.3, -0.25) is 14.9 Å². The predicted molar refractivity (Wildman–Crippen MR) is 72.3 cm³/mol. The summed E-state index contributed by atoms with van der Waals surface area (Å²) in [7, 11) is 0. The third-order valence-electron chi connectivity index (χ3n) is 3.35. The van der Waals surface area contributed by atoms with Crippen LogP contribution in [0.5, 0.6) is 0 Å². The minimum Gasteiger partial charge on any atom is -0.373 e. The van der Waals surface area contributed by atoms with Crippen LogP contribution in [0.15, 0.2) is 18.2 Å². The Morgan fingerprint density at radius 3 is 2.95 bits per heavy atom. The first-order valence-electron chi connectivity index (χ1n) is 6.50. The van der Waals surface area contributed by atoms with Crippen molar-refractivity contribution < 1.29 is 18.8 Å². The third kappa shape index (κ3) is 3.34. The number of rotatable bonds is 3. The van der Waals surface area contributed by atoms with Crippen molar-refractivity contribution in [1.82, 2.24) is 4.90 Å². The van der Waals surface area contributed by atoms with Gasteiger partial charge in [0.25, 0.3) is 11.6 Å². The molecule has 2 atom stereocenters. The molecule has 8 heteroatoms. The fourth-order valence-corrected chi connectivity index (χ4v) is 2.19. The zero-order chi connectivity index (χ0) is 15.6. The Balaban J connectivity index is 2.26. The van der Waals surface area contributed by atoms with E-state index in [4.69, 9.17) is 10.5 Å². The van der Waals surface area contributed by atoms with Gasteiger partial charge in [-0.1, -0.05) is 0 Å². The smallest absolute Gasteiger partial charge is 0.285 e. The maximum Gasteiger partial charge on any atom is 0.285 e. The van der Waals surface area contributed by atoms with Gasteiger partial charge in [-0.25, -0.2) is 4.39 Å². The Morgan fingerprint density at radius 1 is 1.62 bits per heavy atom. The first-order valence-corrected chi connectivity index (χ1v) is 6.50. The van der Waals surface area contributed by atoms with Crippen molar-refractivity contribution in [3.05, 3.63) is 39.7 Å². The summed E-state index contributed by atoms with van der Waals surface area (Å²) >= 11 is 0. The van der Waals surface area contributed by atoms with E-state index in [1.165, 1.54) is 4.90 Å². The van der Waals surface area contributed by atoms with Crippen molar-refractivity contribution in [1.29, 1.82) is 0 Å². The number of carbonyl (C=O) groups is 1. The summed E-state index contributed by atoms with van der Waals surface area (Å²) in [6.07, 6.45) is -0.317. The SMILES string of the molecule is CC(N)C1CN(C(=O)c2ccc(F)cc2[N+](=O)[O-])CCO1. The van der Waals surface area contributed by atoms with Gasteiger partial charge in [0.05, 0.1) is 23.7 Å². The molecule has 1 aliphatic heterocycles. The third-order valence-corrected chi connectivity index (χ3v) is 3.35. The lowest BCUT2D eigenvalue weighted by Crippen LogP contribution is -2.51. The van der Waals surface area contributed by atoms with Crippen LogP contribution in [0.25, 0.3) is 0 Å². The number of hydrogen-bond acceptors (Lipinski definition) is 5. The molecule has 0 radical (unpaired) electrons. The van der Waals surface area contributed by atoms with E-state index in [0.717, 1.165) is 18.2 Å². The molecule has 114 valence electrons. The summed E-state index contributed by atoms with van der Waals surface area (Å²) in [6, 6.07) is 2.65. The number of amides is 1. The van der Waals surface area contributed by atoms with Gasteiger partial charge in [0.2, 0.25) is 0 Å². The van der Waals surface area contributed by atoms with Crippen LogP contribution in [0.1, 0.15) is 17.3 Å². The number of nitrogens with zero attached hydrogens (tertiary/aromatic N) is 2. The maximum absolute atomic E-state index is 13.1. The Morgan fingerprint density at radius 2 is 2.33 bits per heavy atom. The van der Waals surface area contributed by atoms with Crippen LogP contribution < -0.4 is 5.73 Å². The zero-order valence-electron chi connectivity index (χ0n) is 11.5. The van der Waals surface area contributed by atoms with Gasteiger partial charge in [-0.2, -0.15) is 0 Å². The van der Waals surface area contributed by atoms with E-state index in [2.05, 4.69) is 0 Å². The normalized spacial score (nSPS) is 20.1. The lowest BCUT2D eigenvalue weighted by atomic mass is 10.1. The molecule has 0 spiro atoms. The van der Waals surface area contributed by atoms with Crippen LogP contribution in [0.2, 0.25) is 0 Å². The Kier molecular flexibility index (Phi) is 4.49. The van der Waals surface area contributed by atoms with Crippen LogP contribution in [0.3, 0.4) is 0 Å². The van der Waals surface area contributed by atoms with Gasteiger partial charge in [-0.05, 0) is 19.1 Å². The average molecular weight is 297 g/mol. The number of nitro benzene ring substituents is 1. The summed E-state index contributed by atoms with van der Waals surface area (Å²) in [4.78, 5) is 24.0. The molecule has 0 bridgehead atoms. The monoisotopic (exact) mass is 297 g/mol. The minimum atomic E-state index is -0.764. The number of nitrogens with two attached hydrogens (primary N) is 1. The van der Waals surface area contributed by atoms with E-state index < -0.39 is 22.3 Å². The van der Waals surface area contributed by atoms with Crippen molar-refractivity contribution in [2.24, 2.45) is 5.73 Å². The molecule has 1 saturated heterocycles. The van der Waals surface area contributed by atoms with E-state index in [-0.39, 0.29) is 24.3 Å². The number of nitro groups is 1. The highest BCUT2D eigenvalue weighted by molar-refractivity contribution is 5.98. The highest BCUT2D eigenvalue weighted by Gasteiger charge is 2.30. The molecule has 1 fully saturated rings. The molecule has 7 nitrogen and oxygen atoms in total. The Bertz CT molecular complexity index is 564. The first-order chi connectivity index (χ1) is 9.90. The summed E-state index contributed by atoms with van der Waals surface area (Å²) in [5.41, 5.74) is 5.07. The Labute approximate surface area is 120 Å². The molecular formula is C13H16FN3O4. The van der Waals surface area contributed by atoms with E-state index in [0.29, 0.717) is 13.2 Å². The predicted octanol–water partition coefficient (Wildman–Crippen LogP) is 0.922. The van der Waals surface area contributed by atoms with Crippen LogP contribution >= 0.6 is 0 Å². The van der Waals surface area contributed by atoms with Crippen molar-refractivity contribution in [2.45, 2.75) is 19.1 Å². The molecule has 2 unspecified atom stereocenters. The summed E-state index contributed by atoms with van der Waals surface area (Å²) < 4.78 is 18.6. The molecule has 1 amide bonds. The quantitative estimate of drug-likeness (QED) is 0.660. The van der Waals surface area contributed by atoms with E-state index in [1.807, 2.05) is 0 Å². The number of ether oxygens (including phenoxy) is 1. The lowest BCUT2D eigenvalue weighted by Gasteiger charge is -2.34. The molecular weight excluding hydrogens is 281 g/mol. The van der Waals surface area contributed by atoms with E-state index in [1.54, 1.807) is 6.92 Å². The second-order valence-corrected chi connectivity index (χ2v) is 4.94. The van der Waals surface area contributed by atoms with Crippen molar-refractivity contribution in [3.8, 4) is 0 Å². The van der Waals surface area contributed by atoms with Crippen molar-refractivity contribution in [3.63, 3.8) is 0 Å². The molecule has 0 saturated carbocycles. The lowest BCUT2D eigenvalue weighted by molar-refractivity contribution is -0.385. The highest BCUT2D eigenvalue weighted by atomic mass is 19.1. The zero-order valence-corrected chi connectivity index (χ0v) is 11.5. The Hall–Kier alpha value is -2.06. The van der Waals surface area contributed by atoms with Gasteiger partial charge < -0.3 is 15.4 Å². The second-order valence-electron chi connectivity index (χ2n) is 4.94. The van der Waals surface area contributed by atoms with E-state index in [9.17, 15) is 19.3 Å². The number of halogens is 1. The topological polar surface area (TPSA) is 98.7 Å². The van der Waals surface area contributed by atoms with Crippen LogP contribution in [-0.4, -0.2) is 47.6 Å². The second kappa shape index (κ2) is 6.15. The van der Waals surface area contributed by atoms with Crippen molar-refractivity contribution in [2.75, 3.05) is 19.7 Å². The molecule has 2 rings (SSSR count). The van der Waals surface area contributed by atoms with Crippen LogP contribution in [0, 0.1) is 15.9 Å². The van der Waals surface area contributed by atoms with Gasteiger partial charge in [0, 0.05) is 19.1 Å². The number of benzene rings is 1. The fourth-order valence-electron chi connectivity index (χ4n) is 2.19. The fraction of sp³-hybridized carbons (Fsp3) is 0.462.